The van der Waals surface area contributed by atoms with Crippen molar-refractivity contribution in [2.45, 2.75) is 24.0 Å². The van der Waals surface area contributed by atoms with Crippen LogP contribution >= 0.6 is 11.8 Å². The van der Waals surface area contributed by atoms with Crippen LogP contribution in [0.25, 0.3) is 11.4 Å². The van der Waals surface area contributed by atoms with Gasteiger partial charge in [0, 0.05) is 10.5 Å². The van der Waals surface area contributed by atoms with Gasteiger partial charge in [0.05, 0.1) is 12.2 Å². The molecule has 0 fully saturated rings. The second-order valence-corrected chi connectivity index (χ2v) is 6.43. The largest absolute Gasteiger partial charge is 0.481 e. The molecule has 0 aliphatic rings. The van der Waals surface area contributed by atoms with E-state index in [1.807, 2.05) is 55.5 Å². The zero-order valence-electron chi connectivity index (χ0n) is 13.1. The van der Waals surface area contributed by atoms with E-state index in [2.05, 4.69) is 10.1 Å². The molecule has 0 saturated carbocycles. The molecule has 0 spiro atoms. The van der Waals surface area contributed by atoms with Gasteiger partial charge in [-0.25, -0.2) is 0 Å². The summed E-state index contributed by atoms with van der Waals surface area (Å²) >= 11 is 1.57. The number of benzene rings is 2. The van der Waals surface area contributed by atoms with Gasteiger partial charge in [0.25, 0.3) is 0 Å². The van der Waals surface area contributed by atoms with Crippen molar-refractivity contribution in [2.75, 3.05) is 0 Å². The summed E-state index contributed by atoms with van der Waals surface area (Å²) in [6.45, 7) is 2.02. The third-order valence-corrected chi connectivity index (χ3v) is 4.38. The molecule has 1 N–H and O–H groups in total. The minimum atomic E-state index is -0.829. The Hall–Kier alpha value is -2.60. The third-order valence-electron chi connectivity index (χ3n) is 3.39. The molecule has 1 aromatic heterocycles. The molecule has 0 aliphatic carbocycles. The molecule has 5 nitrogen and oxygen atoms in total. The van der Waals surface area contributed by atoms with Crippen molar-refractivity contribution >= 4 is 17.7 Å². The molecule has 3 rings (SSSR count). The fourth-order valence-corrected chi connectivity index (χ4v) is 2.97. The molecule has 1 heterocycles. The monoisotopic (exact) mass is 340 g/mol. The highest BCUT2D eigenvalue weighted by Gasteiger charge is 2.09. The van der Waals surface area contributed by atoms with Crippen molar-refractivity contribution < 1.29 is 14.4 Å². The summed E-state index contributed by atoms with van der Waals surface area (Å²) in [5, 5.41) is 12.8. The van der Waals surface area contributed by atoms with Gasteiger partial charge < -0.3 is 9.63 Å². The Kier molecular flexibility index (Phi) is 4.96. The van der Waals surface area contributed by atoms with E-state index in [0.717, 1.165) is 21.6 Å². The lowest BCUT2D eigenvalue weighted by Gasteiger charge is -2.00. The second-order valence-electron chi connectivity index (χ2n) is 5.38. The SMILES string of the molecule is Cc1cccc(-c2noc(CSc3ccc(CC(=O)O)cc3)n2)c1. The van der Waals surface area contributed by atoms with Crippen LogP contribution in [0.1, 0.15) is 17.0 Å². The standard InChI is InChI=1S/C18H16N2O3S/c1-12-3-2-4-14(9-12)18-19-16(23-20-18)11-24-15-7-5-13(6-8-15)10-17(21)22/h2-9H,10-11H2,1H3,(H,21,22). The van der Waals surface area contributed by atoms with Crippen LogP contribution in [0.2, 0.25) is 0 Å². The zero-order chi connectivity index (χ0) is 16.9. The highest BCUT2D eigenvalue weighted by atomic mass is 32.2. The molecule has 0 radical (unpaired) electrons. The molecule has 24 heavy (non-hydrogen) atoms. The van der Waals surface area contributed by atoms with Crippen molar-refractivity contribution in [3.8, 4) is 11.4 Å². The van der Waals surface area contributed by atoms with E-state index in [-0.39, 0.29) is 6.42 Å². The van der Waals surface area contributed by atoms with Crippen LogP contribution < -0.4 is 0 Å². The molecule has 6 heteroatoms. The summed E-state index contributed by atoms with van der Waals surface area (Å²) < 4.78 is 5.30. The number of thioether (sulfide) groups is 1. The van der Waals surface area contributed by atoms with Gasteiger partial charge in [0.2, 0.25) is 11.7 Å². The normalized spacial score (nSPS) is 10.7. The number of aryl methyl sites for hydroxylation is 1. The molecule has 0 amide bonds. The van der Waals surface area contributed by atoms with E-state index in [1.165, 1.54) is 0 Å². The lowest BCUT2D eigenvalue weighted by atomic mass is 10.1. The first-order valence-electron chi connectivity index (χ1n) is 7.43. The number of nitrogens with zero attached hydrogens (tertiary/aromatic N) is 2. The van der Waals surface area contributed by atoms with Crippen LogP contribution in [0, 0.1) is 6.92 Å². The molecule has 0 atom stereocenters. The number of aliphatic carboxylic acids is 1. The summed E-state index contributed by atoms with van der Waals surface area (Å²) in [6, 6.07) is 15.4. The van der Waals surface area contributed by atoms with Crippen molar-refractivity contribution in [3.05, 3.63) is 65.5 Å². The van der Waals surface area contributed by atoms with E-state index < -0.39 is 5.97 Å². The maximum atomic E-state index is 10.7. The van der Waals surface area contributed by atoms with Gasteiger partial charge in [-0.05, 0) is 30.7 Å². The number of aromatic nitrogens is 2. The molecule has 0 unspecified atom stereocenters. The molecule has 3 aromatic rings. The van der Waals surface area contributed by atoms with Gasteiger partial charge in [0.1, 0.15) is 0 Å². The number of rotatable bonds is 6. The first-order valence-corrected chi connectivity index (χ1v) is 8.42. The maximum absolute atomic E-state index is 10.7. The predicted octanol–water partition coefficient (Wildman–Crippen LogP) is 3.96. The van der Waals surface area contributed by atoms with Gasteiger partial charge in [0.15, 0.2) is 0 Å². The number of hydrogen-bond acceptors (Lipinski definition) is 5. The Morgan fingerprint density at radius 1 is 1.21 bits per heavy atom. The first kappa shape index (κ1) is 16.3. The van der Waals surface area contributed by atoms with Crippen molar-refractivity contribution in [1.29, 1.82) is 0 Å². The Bertz CT molecular complexity index is 843. The topological polar surface area (TPSA) is 76.2 Å². The average molecular weight is 340 g/mol. The van der Waals surface area contributed by atoms with E-state index in [9.17, 15) is 4.79 Å². The zero-order valence-corrected chi connectivity index (χ0v) is 13.9. The van der Waals surface area contributed by atoms with Gasteiger partial charge in [-0.3, -0.25) is 4.79 Å². The van der Waals surface area contributed by atoms with E-state index in [1.54, 1.807) is 11.8 Å². The smallest absolute Gasteiger partial charge is 0.307 e. The Morgan fingerprint density at radius 3 is 2.71 bits per heavy atom. The Morgan fingerprint density at radius 2 is 2.00 bits per heavy atom. The molecule has 122 valence electrons. The number of hydrogen-bond donors (Lipinski definition) is 1. The summed E-state index contributed by atoms with van der Waals surface area (Å²) in [5.41, 5.74) is 2.87. The Balaban J connectivity index is 1.62. The molecule has 0 saturated heterocycles. The van der Waals surface area contributed by atoms with Gasteiger partial charge >= 0.3 is 5.97 Å². The fourth-order valence-electron chi connectivity index (χ4n) is 2.24. The van der Waals surface area contributed by atoms with Crippen molar-refractivity contribution in [2.24, 2.45) is 0 Å². The van der Waals surface area contributed by atoms with E-state index >= 15 is 0 Å². The number of carbonyl (C=O) groups is 1. The lowest BCUT2D eigenvalue weighted by Crippen LogP contribution is -1.99. The summed E-state index contributed by atoms with van der Waals surface area (Å²) in [6.07, 6.45) is 0.0362. The second kappa shape index (κ2) is 7.31. The molecular formula is C18H16N2O3S. The summed E-state index contributed by atoms with van der Waals surface area (Å²) in [7, 11) is 0. The molecule has 0 aliphatic heterocycles. The quantitative estimate of drug-likeness (QED) is 0.684. The maximum Gasteiger partial charge on any atom is 0.307 e. The number of carboxylic acids is 1. The van der Waals surface area contributed by atoms with Crippen molar-refractivity contribution in [1.82, 2.24) is 10.1 Å². The Labute approximate surface area is 143 Å². The molecule has 2 aromatic carbocycles. The van der Waals surface area contributed by atoms with Crippen LogP contribution in [0.5, 0.6) is 0 Å². The van der Waals surface area contributed by atoms with E-state index in [4.69, 9.17) is 9.63 Å². The first-order chi connectivity index (χ1) is 11.6. The minimum absolute atomic E-state index is 0.0362. The lowest BCUT2D eigenvalue weighted by molar-refractivity contribution is -0.136. The average Bonchev–Trinajstić information content (AvgIpc) is 3.03. The molecule has 0 bridgehead atoms. The third kappa shape index (κ3) is 4.23. The highest BCUT2D eigenvalue weighted by Crippen LogP contribution is 2.24. The van der Waals surface area contributed by atoms with Crippen LogP contribution in [0.4, 0.5) is 0 Å². The van der Waals surface area contributed by atoms with Crippen LogP contribution in [-0.2, 0) is 17.0 Å². The van der Waals surface area contributed by atoms with Crippen LogP contribution in [-0.4, -0.2) is 21.2 Å². The highest BCUT2D eigenvalue weighted by molar-refractivity contribution is 7.98. The molecular weight excluding hydrogens is 324 g/mol. The van der Waals surface area contributed by atoms with Crippen LogP contribution in [0.15, 0.2) is 57.9 Å². The minimum Gasteiger partial charge on any atom is -0.481 e. The number of carboxylic acid groups (broad SMARTS) is 1. The summed E-state index contributed by atoms with van der Waals surface area (Å²) in [4.78, 5) is 16.1. The van der Waals surface area contributed by atoms with Crippen molar-refractivity contribution in [3.63, 3.8) is 0 Å². The fraction of sp³-hybridized carbons (Fsp3) is 0.167. The predicted molar refractivity (Wildman–Crippen MR) is 91.8 cm³/mol. The van der Waals surface area contributed by atoms with Gasteiger partial charge in [-0.15, -0.1) is 11.8 Å². The summed E-state index contributed by atoms with van der Waals surface area (Å²) in [5.74, 6) is 0.888. The van der Waals surface area contributed by atoms with Gasteiger partial charge in [-0.1, -0.05) is 41.1 Å². The van der Waals surface area contributed by atoms with Gasteiger partial charge in [-0.2, -0.15) is 4.98 Å². The van der Waals surface area contributed by atoms with E-state index in [0.29, 0.717) is 17.5 Å². The van der Waals surface area contributed by atoms with Crippen LogP contribution in [0.3, 0.4) is 0 Å².